The molecule has 12 heteroatoms. The van der Waals surface area contributed by atoms with Crippen LogP contribution in [0.4, 0.5) is 0 Å². The number of thioether (sulfide) groups is 1. The Morgan fingerprint density at radius 1 is 1.28 bits per heavy atom. The second kappa shape index (κ2) is 8.76. The van der Waals surface area contributed by atoms with E-state index in [9.17, 15) is 15.3 Å². The van der Waals surface area contributed by atoms with Crippen LogP contribution < -0.4 is 0 Å². The number of aliphatic hydroxyl groups excluding tert-OH is 3. The van der Waals surface area contributed by atoms with Crippen molar-refractivity contribution < 1.29 is 20.1 Å². The largest absolute Gasteiger partial charge is 0.394 e. The van der Waals surface area contributed by atoms with Crippen LogP contribution in [-0.2, 0) is 4.74 Å². The SMILES string of the molecule is Cc1nc(-c2cn([C@@H]3[C@@H](O)[C@@H](Sc4cncc(Br)c4)O[C@H](CO)[C@@H]3O)nn2)cs1. The Hall–Kier alpha value is -1.41. The summed E-state index contributed by atoms with van der Waals surface area (Å²) < 4.78 is 7.96. The van der Waals surface area contributed by atoms with Crippen LogP contribution in [0.25, 0.3) is 11.4 Å². The highest BCUT2D eigenvalue weighted by Gasteiger charge is 2.46. The molecule has 1 saturated heterocycles. The molecule has 4 heterocycles. The molecule has 0 amide bonds. The maximum absolute atomic E-state index is 11.0. The average Bonchev–Trinajstić information content (AvgIpc) is 3.33. The smallest absolute Gasteiger partial charge is 0.136 e. The van der Waals surface area contributed by atoms with E-state index in [1.54, 1.807) is 18.6 Å². The first kappa shape index (κ1) is 20.8. The summed E-state index contributed by atoms with van der Waals surface area (Å²) in [4.78, 5) is 9.26. The zero-order valence-electron chi connectivity index (χ0n) is 15.2. The predicted octanol–water partition coefficient (Wildman–Crippen LogP) is 1.64. The van der Waals surface area contributed by atoms with E-state index < -0.39 is 36.4 Å². The van der Waals surface area contributed by atoms with Gasteiger partial charge in [-0.05, 0) is 28.9 Å². The van der Waals surface area contributed by atoms with Gasteiger partial charge in [-0.15, -0.1) is 16.4 Å². The van der Waals surface area contributed by atoms with Gasteiger partial charge >= 0.3 is 0 Å². The molecule has 29 heavy (non-hydrogen) atoms. The van der Waals surface area contributed by atoms with Crippen molar-refractivity contribution in [3.63, 3.8) is 0 Å². The van der Waals surface area contributed by atoms with Gasteiger partial charge in [-0.25, -0.2) is 9.67 Å². The molecule has 0 aliphatic carbocycles. The summed E-state index contributed by atoms with van der Waals surface area (Å²) >= 11 is 6.12. The molecule has 0 radical (unpaired) electrons. The second-order valence-electron chi connectivity index (χ2n) is 6.49. The van der Waals surface area contributed by atoms with Gasteiger partial charge in [0.25, 0.3) is 0 Å². The highest BCUT2D eigenvalue weighted by atomic mass is 79.9. The molecular formula is C17H18BrN5O4S2. The van der Waals surface area contributed by atoms with Crippen LogP contribution in [0.5, 0.6) is 0 Å². The Morgan fingerprint density at radius 3 is 2.79 bits per heavy atom. The summed E-state index contributed by atoms with van der Waals surface area (Å²) in [6.07, 6.45) is 1.78. The zero-order chi connectivity index (χ0) is 20.5. The van der Waals surface area contributed by atoms with E-state index in [0.29, 0.717) is 11.4 Å². The van der Waals surface area contributed by atoms with Gasteiger partial charge in [0.1, 0.15) is 41.2 Å². The molecule has 0 bridgehead atoms. The summed E-state index contributed by atoms with van der Waals surface area (Å²) in [7, 11) is 0. The van der Waals surface area contributed by atoms with E-state index in [2.05, 4.69) is 36.2 Å². The lowest BCUT2D eigenvalue weighted by molar-refractivity contribution is -0.178. The van der Waals surface area contributed by atoms with Gasteiger partial charge in [0.2, 0.25) is 0 Å². The molecule has 5 atom stereocenters. The van der Waals surface area contributed by atoms with Crippen LogP contribution >= 0.6 is 39.0 Å². The summed E-state index contributed by atoms with van der Waals surface area (Å²) in [5.41, 5.74) is 0.478. The Morgan fingerprint density at radius 2 is 2.10 bits per heavy atom. The summed E-state index contributed by atoms with van der Waals surface area (Å²) in [5, 5.41) is 42.3. The Kier molecular flexibility index (Phi) is 6.30. The van der Waals surface area contributed by atoms with Crippen molar-refractivity contribution in [1.29, 1.82) is 0 Å². The molecule has 1 aliphatic rings. The fourth-order valence-electron chi connectivity index (χ4n) is 3.09. The number of hydrogen-bond acceptors (Lipinski definition) is 10. The number of hydrogen-bond donors (Lipinski definition) is 3. The van der Waals surface area contributed by atoms with Crippen molar-refractivity contribution >= 4 is 39.0 Å². The topological polar surface area (TPSA) is 126 Å². The number of aliphatic hydroxyl groups is 3. The molecule has 0 aromatic carbocycles. The second-order valence-corrected chi connectivity index (χ2v) is 9.64. The number of pyridine rings is 1. The van der Waals surface area contributed by atoms with Gasteiger partial charge in [-0.2, -0.15) is 0 Å². The fourth-order valence-corrected chi connectivity index (χ4v) is 5.30. The summed E-state index contributed by atoms with van der Waals surface area (Å²) in [5.74, 6) is 0. The molecule has 4 rings (SSSR count). The summed E-state index contributed by atoms with van der Waals surface area (Å²) in [6.45, 7) is 1.50. The lowest BCUT2D eigenvalue weighted by Crippen LogP contribution is -2.55. The van der Waals surface area contributed by atoms with Crippen LogP contribution in [0.3, 0.4) is 0 Å². The molecule has 0 unspecified atom stereocenters. The first-order valence-corrected chi connectivity index (χ1v) is 11.3. The maximum Gasteiger partial charge on any atom is 0.136 e. The van der Waals surface area contributed by atoms with Gasteiger partial charge in [0.05, 0.1) is 17.8 Å². The molecule has 3 aromatic heterocycles. The first-order chi connectivity index (χ1) is 14.0. The van der Waals surface area contributed by atoms with Crippen LogP contribution in [0, 0.1) is 6.92 Å². The monoisotopic (exact) mass is 499 g/mol. The third-order valence-electron chi connectivity index (χ3n) is 4.48. The molecule has 3 aromatic rings. The fraction of sp³-hybridized carbons (Fsp3) is 0.412. The van der Waals surface area contributed by atoms with Gasteiger partial charge < -0.3 is 20.1 Å². The van der Waals surface area contributed by atoms with Crippen LogP contribution in [-0.4, -0.2) is 70.6 Å². The molecule has 0 saturated carbocycles. The molecule has 0 spiro atoms. The van der Waals surface area contributed by atoms with Gasteiger partial charge in [0.15, 0.2) is 0 Å². The zero-order valence-corrected chi connectivity index (χ0v) is 18.4. The molecule has 1 fully saturated rings. The predicted molar refractivity (Wildman–Crippen MR) is 110 cm³/mol. The van der Waals surface area contributed by atoms with Crippen molar-refractivity contribution in [3.05, 3.63) is 39.5 Å². The Bertz CT molecular complexity index is 986. The molecular weight excluding hydrogens is 482 g/mol. The molecule has 3 N–H and O–H groups in total. The molecule has 9 nitrogen and oxygen atoms in total. The minimum atomic E-state index is -1.17. The number of aromatic nitrogens is 5. The lowest BCUT2D eigenvalue weighted by Gasteiger charge is -2.41. The van der Waals surface area contributed by atoms with Gasteiger partial charge in [-0.3, -0.25) is 4.98 Å². The maximum atomic E-state index is 11.0. The van der Waals surface area contributed by atoms with Crippen LogP contribution in [0.2, 0.25) is 0 Å². The standard InChI is InChI=1S/C17H18BrN5O4S2/c1-8-20-12(7-28-8)11-5-23(22-21-11)14-15(25)13(6-24)27-17(16(14)26)29-10-2-9(18)3-19-4-10/h2-5,7,13-17,24-26H,6H2,1H3/t13-,14+,15+,16-,17-/m1/s1. The number of halogens is 1. The van der Waals surface area contributed by atoms with Crippen LogP contribution in [0.15, 0.2) is 39.4 Å². The third-order valence-corrected chi connectivity index (χ3v) is 6.80. The highest BCUT2D eigenvalue weighted by Crippen LogP contribution is 2.38. The number of aryl methyl sites for hydroxylation is 1. The minimum absolute atomic E-state index is 0.398. The normalized spacial score (nSPS) is 27.3. The van der Waals surface area contributed by atoms with Crippen molar-refractivity contribution in [2.45, 2.75) is 41.6 Å². The number of nitrogens with zero attached hydrogens (tertiary/aromatic N) is 5. The quantitative estimate of drug-likeness (QED) is 0.479. The van der Waals surface area contributed by atoms with Gasteiger partial charge in [-0.1, -0.05) is 17.0 Å². The first-order valence-electron chi connectivity index (χ1n) is 8.70. The van der Waals surface area contributed by atoms with Crippen molar-refractivity contribution in [2.24, 2.45) is 0 Å². The van der Waals surface area contributed by atoms with E-state index in [1.807, 2.05) is 18.4 Å². The van der Waals surface area contributed by atoms with Crippen LogP contribution in [0.1, 0.15) is 11.0 Å². The van der Waals surface area contributed by atoms with E-state index in [4.69, 9.17) is 4.74 Å². The van der Waals surface area contributed by atoms with Crippen molar-refractivity contribution in [1.82, 2.24) is 25.0 Å². The summed E-state index contributed by atoms with van der Waals surface area (Å²) in [6, 6.07) is 0.999. The third kappa shape index (κ3) is 4.38. The Balaban J connectivity index is 1.61. The number of ether oxygens (including phenoxy) is 1. The van der Waals surface area contributed by atoms with Crippen molar-refractivity contribution in [2.75, 3.05) is 6.61 Å². The lowest BCUT2D eigenvalue weighted by atomic mass is 9.97. The Labute approximate surface area is 182 Å². The number of rotatable bonds is 5. The van der Waals surface area contributed by atoms with E-state index >= 15 is 0 Å². The number of thiazole rings is 1. The molecule has 154 valence electrons. The minimum Gasteiger partial charge on any atom is -0.394 e. The van der Waals surface area contributed by atoms with E-state index in [0.717, 1.165) is 14.4 Å². The average molecular weight is 500 g/mol. The van der Waals surface area contributed by atoms with E-state index in [-0.39, 0.29) is 0 Å². The van der Waals surface area contributed by atoms with E-state index in [1.165, 1.54) is 27.8 Å². The van der Waals surface area contributed by atoms with Crippen molar-refractivity contribution in [3.8, 4) is 11.4 Å². The molecule has 1 aliphatic heterocycles. The van der Waals surface area contributed by atoms with Gasteiger partial charge in [0, 0.05) is 27.1 Å². The highest BCUT2D eigenvalue weighted by molar-refractivity contribution is 9.10.